The van der Waals surface area contributed by atoms with E-state index in [2.05, 4.69) is 38.6 Å². The predicted molar refractivity (Wildman–Crippen MR) is 95.7 cm³/mol. The van der Waals surface area contributed by atoms with Gasteiger partial charge in [0, 0.05) is 0 Å². The zero-order valence-corrected chi connectivity index (χ0v) is 14.7. The zero-order chi connectivity index (χ0) is 16.0. The number of aryl methyl sites for hydroxylation is 2. The van der Waals surface area contributed by atoms with Gasteiger partial charge in [0.25, 0.3) is 0 Å². The molecule has 0 N–H and O–H groups in total. The van der Waals surface area contributed by atoms with E-state index in [1.165, 1.54) is 44.1 Å². The van der Waals surface area contributed by atoms with E-state index in [1.54, 1.807) is 11.1 Å². The van der Waals surface area contributed by atoms with Crippen molar-refractivity contribution >= 4 is 0 Å². The molecule has 3 aliphatic rings. The molecule has 4 rings (SSSR count). The summed E-state index contributed by atoms with van der Waals surface area (Å²) in [6, 6.07) is 7.19. The van der Waals surface area contributed by atoms with Crippen LogP contribution in [0.15, 0.2) is 30.9 Å². The summed E-state index contributed by atoms with van der Waals surface area (Å²) in [7, 11) is 0. The fourth-order valence-electron chi connectivity index (χ4n) is 6.12. The van der Waals surface area contributed by atoms with Gasteiger partial charge >= 0.3 is 0 Å². The Morgan fingerprint density at radius 3 is 2.96 bits per heavy atom. The van der Waals surface area contributed by atoms with Gasteiger partial charge in [-0.2, -0.15) is 0 Å². The first-order valence-corrected chi connectivity index (χ1v) is 9.45. The molecule has 124 valence electrons. The summed E-state index contributed by atoms with van der Waals surface area (Å²) in [5.74, 6) is 2.53. The molecule has 0 saturated heterocycles. The van der Waals surface area contributed by atoms with Gasteiger partial charge in [-0.3, -0.25) is 0 Å². The second-order valence-electron chi connectivity index (χ2n) is 8.35. The summed E-state index contributed by atoms with van der Waals surface area (Å²) in [5, 5.41) is 0. The van der Waals surface area contributed by atoms with E-state index in [0.29, 0.717) is 18.1 Å². The Bertz CT molecular complexity index is 604. The Hall–Kier alpha value is -1.08. The number of ether oxygens (including phenoxy) is 1. The molecule has 0 aromatic heterocycles. The third-order valence-electron chi connectivity index (χ3n) is 7.21. The van der Waals surface area contributed by atoms with Crippen molar-refractivity contribution in [2.75, 3.05) is 6.61 Å². The van der Waals surface area contributed by atoms with E-state index < -0.39 is 0 Å². The van der Waals surface area contributed by atoms with Crippen LogP contribution in [0.5, 0.6) is 0 Å². The molecule has 2 saturated carbocycles. The topological polar surface area (TPSA) is 9.23 Å². The van der Waals surface area contributed by atoms with Crippen LogP contribution in [0.1, 0.15) is 61.6 Å². The number of benzene rings is 1. The number of hydrogen-bond donors (Lipinski definition) is 0. The molecule has 0 heterocycles. The molecule has 1 aromatic carbocycles. The van der Waals surface area contributed by atoms with Crippen molar-refractivity contribution in [1.29, 1.82) is 0 Å². The average molecular weight is 310 g/mol. The zero-order valence-electron chi connectivity index (χ0n) is 14.7. The normalized spacial score (nSPS) is 38.5. The molecular formula is C22H30O. The largest absolute Gasteiger partial charge is 0.374 e. The lowest BCUT2D eigenvalue weighted by atomic mass is 9.55. The molecule has 1 nitrogen and oxygen atoms in total. The molecular weight excluding hydrogens is 280 g/mol. The van der Waals surface area contributed by atoms with Crippen molar-refractivity contribution in [3.63, 3.8) is 0 Å². The minimum absolute atomic E-state index is 0.395. The maximum atomic E-state index is 6.17. The molecule has 2 fully saturated rings. The minimum atomic E-state index is 0.395. The van der Waals surface area contributed by atoms with Crippen LogP contribution in [0.2, 0.25) is 0 Å². The molecule has 0 radical (unpaired) electrons. The Morgan fingerprint density at radius 1 is 1.26 bits per heavy atom. The summed E-state index contributed by atoms with van der Waals surface area (Å²) in [6.07, 6.45) is 10.3. The molecule has 1 aromatic rings. The van der Waals surface area contributed by atoms with Gasteiger partial charge in [-0.25, -0.2) is 0 Å². The second-order valence-corrected chi connectivity index (χ2v) is 8.35. The van der Waals surface area contributed by atoms with E-state index in [-0.39, 0.29) is 0 Å². The molecule has 0 aliphatic heterocycles. The van der Waals surface area contributed by atoms with Crippen molar-refractivity contribution in [1.82, 2.24) is 0 Å². The third-order valence-corrected chi connectivity index (χ3v) is 7.21. The van der Waals surface area contributed by atoms with Crippen molar-refractivity contribution in [3.05, 3.63) is 47.5 Å². The smallest absolute Gasteiger partial charge is 0.0648 e. The summed E-state index contributed by atoms with van der Waals surface area (Å²) in [5.41, 5.74) is 5.12. The van der Waals surface area contributed by atoms with Crippen LogP contribution in [0.25, 0.3) is 0 Å². The highest BCUT2D eigenvalue weighted by Crippen LogP contribution is 2.61. The summed E-state index contributed by atoms with van der Waals surface area (Å²) in [6.45, 7) is 9.27. The third kappa shape index (κ3) is 2.39. The van der Waals surface area contributed by atoms with Gasteiger partial charge < -0.3 is 4.74 Å². The van der Waals surface area contributed by atoms with Gasteiger partial charge in [0.2, 0.25) is 0 Å². The predicted octanol–water partition coefficient (Wildman–Crippen LogP) is 5.42. The van der Waals surface area contributed by atoms with E-state index >= 15 is 0 Å². The Kier molecular flexibility index (Phi) is 3.88. The molecule has 0 amide bonds. The monoisotopic (exact) mass is 310 g/mol. The van der Waals surface area contributed by atoms with Gasteiger partial charge in [0.1, 0.15) is 0 Å². The first kappa shape index (κ1) is 15.4. The Morgan fingerprint density at radius 2 is 2.13 bits per heavy atom. The molecule has 23 heavy (non-hydrogen) atoms. The van der Waals surface area contributed by atoms with Crippen molar-refractivity contribution in [3.8, 4) is 0 Å². The van der Waals surface area contributed by atoms with Gasteiger partial charge in [-0.1, -0.05) is 36.8 Å². The Balaban J connectivity index is 1.61. The number of rotatable bonds is 3. The highest BCUT2D eigenvalue weighted by atomic mass is 16.5. The molecule has 0 spiro atoms. The highest BCUT2D eigenvalue weighted by molar-refractivity contribution is 5.37. The fourth-order valence-corrected chi connectivity index (χ4v) is 6.12. The maximum absolute atomic E-state index is 6.17. The number of hydrogen-bond acceptors (Lipinski definition) is 1. The quantitative estimate of drug-likeness (QED) is 0.677. The number of fused-ring (bicyclic) bond motifs is 5. The molecule has 0 unspecified atom stereocenters. The van der Waals surface area contributed by atoms with Crippen LogP contribution in [-0.4, -0.2) is 12.7 Å². The summed E-state index contributed by atoms with van der Waals surface area (Å²) >= 11 is 0. The van der Waals surface area contributed by atoms with Crippen LogP contribution in [-0.2, 0) is 11.2 Å². The molecule has 0 bridgehead atoms. The van der Waals surface area contributed by atoms with E-state index in [4.69, 9.17) is 4.74 Å². The van der Waals surface area contributed by atoms with Crippen LogP contribution in [0.3, 0.4) is 0 Å². The van der Waals surface area contributed by atoms with Crippen LogP contribution in [0.4, 0.5) is 0 Å². The summed E-state index contributed by atoms with van der Waals surface area (Å²) < 4.78 is 6.17. The lowest BCUT2D eigenvalue weighted by molar-refractivity contribution is -0.0554. The molecule has 5 atom stereocenters. The summed E-state index contributed by atoms with van der Waals surface area (Å²) in [4.78, 5) is 0. The van der Waals surface area contributed by atoms with E-state index in [1.807, 2.05) is 6.08 Å². The van der Waals surface area contributed by atoms with Gasteiger partial charge in [-0.05, 0) is 79.7 Å². The lowest BCUT2D eigenvalue weighted by Gasteiger charge is -2.50. The maximum Gasteiger partial charge on any atom is 0.0648 e. The van der Waals surface area contributed by atoms with Gasteiger partial charge in [-0.15, -0.1) is 6.58 Å². The Labute approximate surface area is 141 Å². The fraction of sp³-hybridized carbons (Fsp3) is 0.636. The molecule has 1 heteroatoms. The SMILES string of the molecule is C=CCO[C@H]1CC[C@H]2[C@@H]3CCc4cc(C)ccc4[C@H]3CC[C@]12C. The van der Waals surface area contributed by atoms with Crippen LogP contribution >= 0.6 is 0 Å². The van der Waals surface area contributed by atoms with E-state index in [9.17, 15) is 0 Å². The van der Waals surface area contributed by atoms with Crippen LogP contribution in [0, 0.1) is 24.2 Å². The van der Waals surface area contributed by atoms with E-state index in [0.717, 1.165) is 17.8 Å². The molecule has 3 aliphatic carbocycles. The first-order valence-electron chi connectivity index (χ1n) is 9.45. The average Bonchev–Trinajstić information content (AvgIpc) is 2.89. The highest BCUT2D eigenvalue weighted by Gasteiger charge is 2.55. The van der Waals surface area contributed by atoms with Crippen LogP contribution < -0.4 is 0 Å². The minimum Gasteiger partial charge on any atom is -0.374 e. The van der Waals surface area contributed by atoms with Crippen molar-refractivity contribution in [2.24, 2.45) is 17.3 Å². The lowest BCUT2D eigenvalue weighted by Crippen LogP contribution is -2.44. The van der Waals surface area contributed by atoms with Crippen molar-refractivity contribution in [2.45, 2.75) is 64.4 Å². The second kappa shape index (κ2) is 5.77. The van der Waals surface area contributed by atoms with Gasteiger partial charge in [0.05, 0.1) is 12.7 Å². The van der Waals surface area contributed by atoms with Crippen molar-refractivity contribution < 1.29 is 4.74 Å². The standard InChI is InChI=1S/C22H30O/c1-4-13-23-21-10-9-20-19-8-6-16-14-15(2)5-7-17(16)18(19)11-12-22(20,21)3/h4-5,7,14,18-21H,1,6,8-13H2,2-3H3/t18-,19-,20+,21+,22+/m1/s1. The van der Waals surface area contributed by atoms with Gasteiger partial charge in [0.15, 0.2) is 0 Å². The first-order chi connectivity index (χ1) is 11.1.